The van der Waals surface area contributed by atoms with Crippen LogP contribution < -0.4 is 5.32 Å². The number of hydrogen-bond acceptors (Lipinski definition) is 3. The van der Waals surface area contributed by atoms with Crippen LogP contribution in [0.15, 0.2) is 12.5 Å². The smallest absolute Gasteiger partial charge is 0.119 e. The molecule has 0 spiro atoms. The molecule has 74 valence electrons. The van der Waals surface area contributed by atoms with Crippen molar-refractivity contribution in [3.8, 4) is 6.07 Å². The first-order valence-electron chi connectivity index (χ1n) is 4.95. The Morgan fingerprint density at radius 3 is 3.21 bits per heavy atom. The molecule has 1 saturated carbocycles. The van der Waals surface area contributed by atoms with Gasteiger partial charge in [-0.3, -0.25) is 0 Å². The summed E-state index contributed by atoms with van der Waals surface area (Å²) in [5, 5.41) is 12.1. The lowest BCUT2D eigenvalue weighted by atomic mass is 10.4. The predicted molar refractivity (Wildman–Crippen MR) is 52.4 cm³/mol. The van der Waals surface area contributed by atoms with Crippen molar-refractivity contribution in [2.75, 3.05) is 0 Å². The summed E-state index contributed by atoms with van der Waals surface area (Å²) in [4.78, 5) is 4.23. The fourth-order valence-corrected chi connectivity index (χ4v) is 1.29. The molecule has 1 fully saturated rings. The topological polar surface area (TPSA) is 53.6 Å². The van der Waals surface area contributed by atoms with E-state index in [0.717, 1.165) is 12.2 Å². The van der Waals surface area contributed by atoms with Crippen molar-refractivity contribution < 1.29 is 0 Å². The average molecular weight is 190 g/mol. The normalized spacial score (nSPS) is 17.7. The van der Waals surface area contributed by atoms with E-state index in [1.807, 2.05) is 17.7 Å². The molecule has 1 N–H and O–H groups in total. The maximum absolute atomic E-state index is 8.71. The Hall–Kier alpha value is -1.34. The van der Waals surface area contributed by atoms with Crippen molar-refractivity contribution >= 4 is 0 Å². The molecule has 0 amide bonds. The lowest BCUT2D eigenvalue weighted by Crippen LogP contribution is -2.15. The average Bonchev–Trinajstić information content (AvgIpc) is 2.92. The number of rotatable bonds is 4. The summed E-state index contributed by atoms with van der Waals surface area (Å²) in [6.07, 6.45) is 6.23. The van der Waals surface area contributed by atoms with Crippen LogP contribution >= 0.6 is 0 Å². The van der Waals surface area contributed by atoms with Crippen LogP contribution in [0.1, 0.15) is 31.5 Å². The van der Waals surface area contributed by atoms with Crippen LogP contribution in [0.4, 0.5) is 0 Å². The number of nitriles is 1. The molecule has 1 aliphatic carbocycles. The summed E-state index contributed by atoms with van der Waals surface area (Å²) >= 11 is 0. The molecule has 1 aromatic heterocycles. The zero-order valence-electron chi connectivity index (χ0n) is 8.27. The lowest BCUT2D eigenvalue weighted by Gasteiger charge is -2.01. The standard InChI is InChI=1S/C10H14N4/c1-8(4-11)14-6-10(13-7-14)5-12-9-2-3-9/h6-9,12H,2-3,5H2,1H3. The van der Waals surface area contributed by atoms with E-state index in [4.69, 9.17) is 5.26 Å². The first-order valence-corrected chi connectivity index (χ1v) is 4.95. The van der Waals surface area contributed by atoms with E-state index in [-0.39, 0.29) is 6.04 Å². The Morgan fingerprint density at radius 1 is 1.79 bits per heavy atom. The Kier molecular flexibility index (Phi) is 2.51. The van der Waals surface area contributed by atoms with Crippen molar-refractivity contribution in [3.63, 3.8) is 0 Å². The summed E-state index contributed by atoms with van der Waals surface area (Å²) in [7, 11) is 0. The quantitative estimate of drug-likeness (QED) is 0.776. The van der Waals surface area contributed by atoms with Crippen molar-refractivity contribution in [2.24, 2.45) is 0 Å². The highest BCUT2D eigenvalue weighted by molar-refractivity contribution is 5.01. The molecule has 1 atom stereocenters. The van der Waals surface area contributed by atoms with E-state index in [0.29, 0.717) is 6.04 Å². The Balaban J connectivity index is 1.91. The number of nitrogens with zero attached hydrogens (tertiary/aromatic N) is 3. The predicted octanol–water partition coefficient (Wildman–Crippen LogP) is 1.22. The van der Waals surface area contributed by atoms with Crippen molar-refractivity contribution in [1.29, 1.82) is 5.26 Å². The zero-order valence-corrected chi connectivity index (χ0v) is 8.27. The molecule has 14 heavy (non-hydrogen) atoms. The second-order valence-electron chi connectivity index (χ2n) is 3.77. The Labute approximate surface area is 83.6 Å². The highest BCUT2D eigenvalue weighted by Gasteiger charge is 2.20. The lowest BCUT2D eigenvalue weighted by molar-refractivity contribution is 0.662. The van der Waals surface area contributed by atoms with E-state index in [9.17, 15) is 0 Å². The maximum atomic E-state index is 8.71. The van der Waals surface area contributed by atoms with Crippen LogP contribution in [0.2, 0.25) is 0 Å². The highest BCUT2D eigenvalue weighted by Crippen LogP contribution is 2.19. The fraction of sp³-hybridized carbons (Fsp3) is 0.600. The van der Waals surface area contributed by atoms with Crippen molar-refractivity contribution in [1.82, 2.24) is 14.9 Å². The van der Waals surface area contributed by atoms with Gasteiger partial charge in [-0.1, -0.05) is 0 Å². The van der Waals surface area contributed by atoms with Crippen LogP contribution in [-0.2, 0) is 6.54 Å². The summed E-state index contributed by atoms with van der Waals surface area (Å²) in [6, 6.07) is 2.75. The second-order valence-corrected chi connectivity index (χ2v) is 3.77. The van der Waals surface area contributed by atoms with Crippen LogP contribution in [0.5, 0.6) is 0 Å². The molecule has 0 aliphatic heterocycles. The third kappa shape index (κ3) is 2.12. The third-order valence-corrected chi connectivity index (χ3v) is 2.44. The Bertz CT molecular complexity index is 345. The third-order valence-electron chi connectivity index (χ3n) is 2.44. The summed E-state index contributed by atoms with van der Waals surface area (Å²) in [5.41, 5.74) is 1.01. The van der Waals surface area contributed by atoms with Gasteiger partial charge in [-0.05, 0) is 19.8 Å². The van der Waals surface area contributed by atoms with Gasteiger partial charge in [0.25, 0.3) is 0 Å². The first-order chi connectivity index (χ1) is 6.79. The molecule has 1 heterocycles. The largest absolute Gasteiger partial charge is 0.321 e. The van der Waals surface area contributed by atoms with Gasteiger partial charge in [-0.15, -0.1) is 0 Å². The summed E-state index contributed by atoms with van der Waals surface area (Å²) in [5.74, 6) is 0. The second kappa shape index (κ2) is 3.81. The monoisotopic (exact) mass is 190 g/mol. The molecule has 1 aliphatic rings. The SMILES string of the molecule is CC(C#N)n1cnc(CNC2CC2)c1. The minimum absolute atomic E-state index is 0.128. The van der Waals surface area contributed by atoms with E-state index < -0.39 is 0 Å². The van der Waals surface area contributed by atoms with E-state index in [1.165, 1.54) is 12.8 Å². The molecule has 0 bridgehead atoms. The number of nitrogens with one attached hydrogen (secondary N) is 1. The minimum Gasteiger partial charge on any atom is -0.321 e. The van der Waals surface area contributed by atoms with Crippen LogP contribution in [0.3, 0.4) is 0 Å². The van der Waals surface area contributed by atoms with Gasteiger partial charge in [-0.2, -0.15) is 5.26 Å². The van der Waals surface area contributed by atoms with Gasteiger partial charge in [0.05, 0.1) is 18.1 Å². The molecular formula is C10H14N4. The molecule has 0 aromatic carbocycles. The van der Waals surface area contributed by atoms with Gasteiger partial charge in [0.1, 0.15) is 6.04 Å². The van der Waals surface area contributed by atoms with Gasteiger partial charge in [0.2, 0.25) is 0 Å². The first kappa shape index (κ1) is 9.22. The highest BCUT2D eigenvalue weighted by atomic mass is 15.1. The van der Waals surface area contributed by atoms with Gasteiger partial charge in [0, 0.05) is 18.8 Å². The van der Waals surface area contributed by atoms with Crippen molar-refractivity contribution in [3.05, 3.63) is 18.2 Å². The zero-order chi connectivity index (χ0) is 9.97. The fourth-order valence-electron chi connectivity index (χ4n) is 1.29. The molecule has 2 rings (SSSR count). The van der Waals surface area contributed by atoms with Crippen LogP contribution in [-0.4, -0.2) is 15.6 Å². The van der Waals surface area contributed by atoms with Gasteiger partial charge in [-0.25, -0.2) is 4.98 Å². The molecule has 1 aromatic rings. The molecule has 1 unspecified atom stereocenters. The molecule has 4 nitrogen and oxygen atoms in total. The maximum Gasteiger partial charge on any atom is 0.119 e. The summed E-state index contributed by atoms with van der Waals surface area (Å²) < 4.78 is 1.84. The minimum atomic E-state index is -0.128. The van der Waals surface area contributed by atoms with E-state index in [2.05, 4.69) is 16.4 Å². The molecule has 0 radical (unpaired) electrons. The number of imidazole rings is 1. The Morgan fingerprint density at radius 2 is 2.57 bits per heavy atom. The van der Waals surface area contributed by atoms with Gasteiger partial charge in [0.15, 0.2) is 0 Å². The molecular weight excluding hydrogens is 176 g/mol. The van der Waals surface area contributed by atoms with Gasteiger partial charge < -0.3 is 9.88 Å². The van der Waals surface area contributed by atoms with Crippen LogP contribution in [0, 0.1) is 11.3 Å². The van der Waals surface area contributed by atoms with Crippen LogP contribution in [0.25, 0.3) is 0 Å². The number of aromatic nitrogens is 2. The van der Waals surface area contributed by atoms with E-state index in [1.54, 1.807) is 6.33 Å². The van der Waals surface area contributed by atoms with Gasteiger partial charge >= 0.3 is 0 Å². The molecule has 0 saturated heterocycles. The van der Waals surface area contributed by atoms with E-state index >= 15 is 0 Å². The van der Waals surface area contributed by atoms with Crippen molar-refractivity contribution in [2.45, 2.75) is 38.4 Å². The molecule has 4 heteroatoms. The number of hydrogen-bond donors (Lipinski definition) is 1. The summed E-state index contributed by atoms with van der Waals surface area (Å²) in [6.45, 7) is 2.68.